The lowest BCUT2D eigenvalue weighted by molar-refractivity contribution is -0.121. The summed E-state index contributed by atoms with van der Waals surface area (Å²) >= 11 is 0. The molecular weight excluding hydrogens is 418 g/mol. The molecule has 0 saturated heterocycles. The average molecular weight is 482 g/mol. The van der Waals surface area contributed by atoms with E-state index in [1.807, 2.05) is 0 Å². The molecule has 0 radical (unpaired) electrons. The molecule has 0 aromatic rings. The molecule has 0 aliphatic rings. The Bertz CT molecular complexity index is 399. The van der Waals surface area contributed by atoms with Crippen LogP contribution in [0.15, 0.2) is 0 Å². The quantitative estimate of drug-likeness (QED) is 0.105. The third-order valence-corrected chi connectivity index (χ3v) is 7.39. The number of aliphatic hydroxyl groups excluding tert-OH is 1. The van der Waals surface area contributed by atoms with Gasteiger partial charge < -0.3 is 10.8 Å². The molecule has 34 heavy (non-hydrogen) atoms. The average Bonchev–Trinajstić information content (AvgIpc) is 2.85. The first kappa shape index (κ1) is 33.6. The Morgan fingerprint density at radius 3 is 0.971 bits per heavy atom. The van der Waals surface area contributed by atoms with Gasteiger partial charge in [0.1, 0.15) is 0 Å². The number of unbranched alkanes of at least 4 members (excludes halogenated alkanes) is 25. The second-order valence-electron chi connectivity index (χ2n) is 10.8. The third kappa shape index (κ3) is 26.2. The zero-order chi connectivity index (χ0) is 25.0. The molecule has 0 fully saturated rings. The van der Waals surface area contributed by atoms with Crippen molar-refractivity contribution in [3.8, 4) is 0 Å². The highest BCUT2D eigenvalue weighted by atomic mass is 16.3. The molecule has 0 unspecified atom stereocenters. The second-order valence-corrected chi connectivity index (χ2v) is 10.8. The van der Waals surface area contributed by atoms with Gasteiger partial charge >= 0.3 is 0 Å². The van der Waals surface area contributed by atoms with Crippen molar-refractivity contribution in [3.05, 3.63) is 0 Å². The monoisotopic (exact) mass is 481 g/mol. The fraction of sp³-hybridized carbons (Fsp3) is 0.968. The molecule has 0 aliphatic heterocycles. The van der Waals surface area contributed by atoms with Crippen LogP contribution in [0.5, 0.6) is 0 Å². The topological polar surface area (TPSA) is 63.3 Å². The van der Waals surface area contributed by atoms with Gasteiger partial charge in [-0.2, -0.15) is 0 Å². The van der Waals surface area contributed by atoms with Crippen LogP contribution in [0.25, 0.3) is 0 Å². The molecule has 3 heteroatoms. The van der Waals surface area contributed by atoms with Gasteiger partial charge in [-0.05, 0) is 6.42 Å². The maximum Gasteiger partial charge on any atom is 0.151 e. The van der Waals surface area contributed by atoms with Crippen LogP contribution in [0.2, 0.25) is 0 Å². The van der Waals surface area contributed by atoms with Gasteiger partial charge in [0, 0.05) is 6.42 Å². The van der Waals surface area contributed by atoms with Gasteiger partial charge in [0.25, 0.3) is 0 Å². The van der Waals surface area contributed by atoms with Gasteiger partial charge in [0.05, 0.1) is 12.6 Å². The van der Waals surface area contributed by atoms with Crippen molar-refractivity contribution in [3.63, 3.8) is 0 Å². The number of carbonyl (C=O) groups excluding carboxylic acids is 1. The molecular formula is C31H63NO2. The predicted molar refractivity (Wildman–Crippen MR) is 150 cm³/mol. The van der Waals surface area contributed by atoms with E-state index in [1.54, 1.807) is 0 Å². The molecule has 0 amide bonds. The maximum atomic E-state index is 11.5. The molecule has 3 nitrogen and oxygen atoms in total. The summed E-state index contributed by atoms with van der Waals surface area (Å²) in [6.45, 7) is 2.07. The molecule has 0 saturated carbocycles. The lowest BCUT2D eigenvalue weighted by atomic mass is 10.0. The summed E-state index contributed by atoms with van der Waals surface area (Å²) in [5.41, 5.74) is 5.52. The second kappa shape index (κ2) is 28.8. The normalized spacial score (nSPS) is 12.3. The summed E-state index contributed by atoms with van der Waals surface area (Å²) in [4.78, 5) is 11.5. The van der Waals surface area contributed by atoms with Crippen LogP contribution in [0.1, 0.15) is 180 Å². The van der Waals surface area contributed by atoms with E-state index in [4.69, 9.17) is 10.8 Å². The van der Waals surface area contributed by atoms with Crippen LogP contribution < -0.4 is 5.73 Å². The molecule has 1 atom stereocenters. The number of carbonyl (C=O) groups is 1. The molecule has 0 aromatic heterocycles. The molecule has 0 heterocycles. The smallest absolute Gasteiger partial charge is 0.151 e. The zero-order valence-corrected chi connectivity index (χ0v) is 23.3. The van der Waals surface area contributed by atoms with E-state index in [2.05, 4.69) is 6.92 Å². The van der Waals surface area contributed by atoms with Crippen LogP contribution in [-0.4, -0.2) is 23.5 Å². The number of nitrogens with two attached hydrogens (primary N) is 1. The van der Waals surface area contributed by atoms with E-state index in [-0.39, 0.29) is 12.4 Å². The SMILES string of the molecule is CCCCCCCCCCCCCCCCCCCCCCCCCCCCC(=O)[C@@H](N)CO. The first-order valence-electron chi connectivity index (χ1n) is 15.6. The fourth-order valence-corrected chi connectivity index (χ4v) is 4.90. The first-order valence-corrected chi connectivity index (χ1v) is 15.6. The summed E-state index contributed by atoms with van der Waals surface area (Å²) in [7, 11) is 0. The predicted octanol–water partition coefficient (Wildman–Crippen LogP) is 9.43. The molecule has 204 valence electrons. The Morgan fingerprint density at radius 1 is 0.500 bits per heavy atom. The van der Waals surface area contributed by atoms with Crippen molar-refractivity contribution in [2.75, 3.05) is 6.61 Å². The Labute approximate surface area is 214 Å². The van der Waals surface area contributed by atoms with Crippen LogP contribution >= 0.6 is 0 Å². The molecule has 0 aromatic carbocycles. The minimum absolute atomic E-state index is 0.00634. The maximum absolute atomic E-state index is 11.5. The first-order chi connectivity index (χ1) is 16.7. The van der Waals surface area contributed by atoms with Crippen LogP contribution in [0.4, 0.5) is 0 Å². The van der Waals surface area contributed by atoms with Crippen LogP contribution in [0.3, 0.4) is 0 Å². The number of rotatable bonds is 29. The summed E-state index contributed by atoms with van der Waals surface area (Å²) in [6, 6.07) is -0.667. The van der Waals surface area contributed by atoms with Crippen LogP contribution in [-0.2, 0) is 4.79 Å². The van der Waals surface area contributed by atoms with Crippen molar-refractivity contribution >= 4 is 5.78 Å². The van der Waals surface area contributed by atoms with E-state index in [9.17, 15) is 4.79 Å². The van der Waals surface area contributed by atoms with Crippen molar-refractivity contribution in [1.29, 1.82) is 0 Å². The van der Waals surface area contributed by atoms with Gasteiger partial charge in [0.2, 0.25) is 0 Å². The van der Waals surface area contributed by atoms with Crippen LogP contribution in [0, 0.1) is 0 Å². The van der Waals surface area contributed by atoms with E-state index in [0.717, 1.165) is 12.8 Å². The lowest BCUT2D eigenvalue weighted by Crippen LogP contribution is -2.33. The summed E-state index contributed by atoms with van der Waals surface area (Å²) < 4.78 is 0. The highest BCUT2D eigenvalue weighted by Crippen LogP contribution is 2.16. The summed E-state index contributed by atoms with van der Waals surface area (Å²) in [6.07, 6.45) is 36.7. The van der Waals surface area contributed by atoms with E-state index in [0.29, 0.717) is 6.42 Å². The number of ketones is 1. The Kier molecular flexibility index (Phi) is 28.5. The van der Waals surface area contributed by atoms with E-state index < -0.39 is 6.04 Å². The minimum Gasteiger partial charge on any atom is -0.394 e. The molecule has 0 aliphatic carbocycles. The lowest BCUT2D eigenvalue weighted by Gasteiger charge is -2.06. The van der Waals surface area contributed by atoms with Crippen molar-refractivity contribution in [2.24, 2.45) is 5.73 Å². The van der Waals surface area contributed by atoms with Crippen molar-refractivity contribution < 1.29 is 9.90 Å². The Morgan fingerprint density at radius 2 is 0.735 bits per heavy atom. The van der Waals surface area contributed by atoms with Gasteiger partial charge in [0.15, 0.2) is 5.78 Å². The standard InChI is InChI=1S/C31H63NO2/c1-2-3-4-5-6-7-8-9-10-11-12-13-14-15-16-17-18-19-20-21-22-23-24-25-26-27-28-31(34)30(32)29-33/h30,33H,2-29,32H2,1H3/t30-/m0/s1. The molecule has 3 N–H and O–H groups in total. The molecule has 0 spiro atoms. The van der Waals surface area contributed by atoms with E-state index in [1.165, 1.54) is 154 Å². The minimum atomic E-state index is -0.667. The molecule has 0 rings (SSSR count). The highest BCUT2D eigenvalue weighted by molar-refractivity contribution is 5.83. The third-order valence-electron chi connectivity index (χ3n) is 7.39. The molecule has 0 bridgehead atoms. The number of hydrogen-bond acceptors (Lipinski definition) is 3. The van der Waals surface area contributed by atoms with Gasteiger partial charge in [-0.15, -0.1) is 0 Å². The van der Waals surface area contributed by atoms with Crippen molar-refractivity contribution in [1.82, 2.24) is 0 Å². The van der Waals surface area contributed by atoms with Gasteiger partial charge in [-0.3, -0.25) is 4.79 Å². The fourth-order valence-electron chi connectivity index (χ4n) is 4.90. The number of hydrogen-bond donors (Lipinski definition) is 2. The van der Waals surface area contributed by atoms with E-state index >= 15 is 0 Å². The summed E-state index contributed by atoms with van der Waals surface area (Å²) in [5, 5.41) is 8.86. The Hall–Kier alpha value is -0.410. The van der Waals surface area contributed by atoms with Gasteiger partial charge in [-0.25, -0.2) is 0 Å². The Balaban J connectivity index is 3.07. The number of Topliss-reactive ketones (excluding diaryl/α,β-unsaturated/α-hetero) is 1. The zero-order valence-electron chi connectivity index (χ0n) is 23.3. The largest absolute Gasteiger partial charge is 0.394 e. The highest BCUT2D eigenvalue weighted by Gasteiger charge is 2.10. The van der Waals surface area contributed by atoms with Gasteiger partial charge in [-0.1, -0.05) is 167 Å². The summed E-state index contributed by atoms with van der Waals surface area (Å²) in [5.74, 6) is 0.00634. The number of aliphatic hydroxyl groups is 1. The van der Waals surface area contributed by atoms with Crippen molar-refractivity contribution in [2.45, 2.75) is 186 Å².